The number of rotatable bonds is 1. The molecular weight excluding hydrogens is 315 g/mol. The molecule has 0 fully saturated rings. The van der Waals surface area contributed by atoms with Crippen LogP contribution in [0.25, 0.3) is 0 Å². The lowest BCUT2D eigenvalue weighted by Gasteiger charge is -2.40. The molecule has 0 aromatic rings. The molecule has 16 heavy (non-hydrogen) atoms. The van der Waals surface area contributed by atoms with Crippen molar-refractivity contribution in [1.82, 2.24) is 10.3 Å². The van der Waals surface area contributed by atoms with Crippen LogP contribution < -0.4 is 5.43 Å². The van der Waals surface area contributed by atoms with Crippen LogP contribution in [0.5, 0.6) is 0 Å². The highest BCUT2D eigenvalue weighted by Gasteiger charge is 2.54. The standard InChI is InChI=1S/C8H12Cl5N3/c1-6(2,3)5-15-14-4-16(5)8(12,13)7(9,10)11/h14H,4H2,1-3H3. The van der Waals surface area contributed by atoms with Gasteiger partial charge in [-0.2, -0.15) is 5.10 Å². The van der Waals surface area contributed by atoms with Gasteiger partial charge >= 0.3 is 0 Å². The molecule has 0 aliphatic carbocycles. The van der Waals surface area contributed by atoms with Crippen molar-refractivity contribution in [3.05, 3.63) is 0 Å². The molecule has 8 heteroatoms. The maximum absolute atomic E-state index is 6.09. The molecule has 1 heterocycles. The van der Waals surface area contributed by atoms with E-state index in [1.807, 2.05) is 20.8 Å². The number of nitrogens with zero attached hydrogens (tertiary/aromatic N) is 2. The molecule has 0 saturated heterocycles. The van der Waals surface area contributed by atoms with Gasteiger partial charge in [-0.25, -0.2) is 0 Å². The Kier molecular flexibility index (Phi) is 4.09. The third-order valence-electron chi connectivity index (χ3n) is 2.02. The fraction of sp³-hybridized carbons (Fsp3) is 0.875. The van der Waals surface area contributed by atoms with Gasteiger partial charge < -0.3 is 4.90 Å². The van der Waals surface area contributed by atoms with Crippen LogP contribution in [0.15, 0.2) is 5.10 Å². The summed E-state index contributed by atoms with van der Waals surface area (Å²) in [4.78, 5) is 1.53. The molecule has 0 saturated carbocycles. The second-order valence-corrected chi connectivity index (χ2v) is 8.04. The molecule has 0 bridgehead atoms. The third-order valence-corrected chi connectivity index (χ3v) is 4.40. The second-order valence-electron chi connectivity index (χ2n) is 4.47. The summed E-state index contributed by atoms with van der Waals surface area (Å²) in [5.74, 6) is 0.642. The first-order chi connectivity index (χ1) is 6.98. The number of amidine groups is 1. The topological polar surface area (TPSA) is 27.6 Å². The summed E-state index contributed by atoms with van der Waals surface area (Å²) in [5.41, 5.74) is 2.52. The van der Waals surface area contributed by atoms with E-state index in [9.17, 15) is 0 Å². The number of hydrogen-bond acceptors (Lipinski definition) is 3. The van der Waals surface area contributed by atoms with Gasteiger partial charge in [0.05, 0.1) is 0 Å². The van der Waals surface area contributed by atoms with E-state index in [1.54, 1.807) is 0 Å². The van der Waals surface area contributed by atoms with Gasteiger partial charge in [-0.15, -0.1) is 0 Å². The molecule has 0 aromatic carbocycles. The van der Waals surface area contributed by atoms with E-state index in [0.717, 1.165) is 0 Å². The zero-order valence-electron chi connectivity index (χ0n) is 8.99. The van der Waals surface area contributed by atoms with E-state index in [2.05, 4.69) is 10.5 Å². The van der Waals surface area contributed by atoms with E-state index >= 15 is 0 Å². The van der Waals surface area contributed by atoms with Crippen molar-refractivity contribution in [2.45, 2.75) is 29.0 Å². The van der Waals surface area contributed by atoms with Gasteiger partial charge in [0.2, 0.25) is 8.25 Å². The van der Waals surface area contributed by atoms with Crippen LogP contribution in [0.1, 0.15) is 20.8 Å². The number of hydrazone groups is 1. The van der Waals surface area contributed by atoms with Crippen LogP contribution in [0.4, 0.5) is 0 Å². The fourth-order valence-electron chi connectivity index (χ4n) is 1.27. The number of halogens is 5. The molecule has 1 aliphatic heterocycles. The summed E-state index contributed by atoms with van der Waals surface area (Å²) < 4.78 is -3.51. The van der Waals surface area contributed by atoms with Gasteiger partial charge in [-0.1, -0.05) is 78.8 Å². The highest BCUT2D eigenvalue weighted by atomic mass is 35.6. The quantitative estimate of drug-likeness (QED) is 0.587. The zero-order chi connectivity index (χ0) is 12.8. The number of hydrogen-bond donors (Lipinski definition) is 1. The van der Waals surface area contributed by atoms with Crippen LogP contribution >= 0.6 is 58.0 Å². The molecule has 1 aliphatic rings. The summed E-state index contributed by atoms with van der Waals surface area (Å²) in [6.45, 7) is 6.20. The Morgan fingerprint density at radius 3 is 2.00 bits per heavy atom. The summed E-state index contributed by atoms with van der Waals surface area (Å²) in [6, 6.07) is 0. The van der Waals surface area contributed by atoms with Crippen molar-refractivity contribution in [3.8, 4) is 0 Å². The average Bonchev–Trinajstić information content (AvgIpc) is 2.47. The van der Waals surface area contributed by atoms with E-state index in [0.29, 0.717) is 12.5 Å². The Balaban J connectivity index is 3.03. The van der Waals surface area contributed by atoms with Crippen molar-refractivity contribution in [1.29, 1.82) is 0 Å². The van der Waals surface area contributed by atoms with Crippen LogP contribution in [0.2, 0.25) is 0 Å². The second kappa shape index (κ2) is 4.43. The van der Waals surface area contributed by atoms with E-state index in [4.69, 9.17) is 58.0 Å². The molecular formula is C8H12Cl5N3. The molecule has 0 unspecified atom stereocenters. The molecule has 0 amide bonds. The lowest BCUT2D eigenvalue weighted by molar-refractivity contribution is 0.332. The Morgan fingerprint density at radius 2 is 1.62 bits per heavy atom. The fourth-order valence-corrected chi connectivity index (χ4v) is 1.86. The smallest absolute Gasteiger partial charge is 0.241 e. The molecule has 0 radical (unpaired) electrons. The first-order valence-electron chi connectivity index (χ1n) is 4.51. The van der Waals surface area contributed by atoms with Gasteiger partial charge in [-0.3, -0.25) is 5.43 Å². The molecule has 0 atom stereocenters. The summed E-state index contributed by atoms with van der Waals surface area (Å²) in [6.07, 6.45) is 0. The maximum atomic E-state index is 6.09. The summed E-state index contributed by atoms with van der Waals surface area (Å²) >= 11 is 29.5. The predicted octanol–water partition coefficient (Wildman–Crippen LogP) is 3.71. The predicted molar refractivity (Wildman–Crippen MR) is 71.5 cm³/mol. The van der Waals surface area contributed by atoms with E-state index < -0.39 is 8.25 Å². The third kappa shape index (κ3) is 2.75. The lowest BCUT2D eigenvalue weighted by atomic mass is 9.94. The molecule has 0 spiro atoms. The van der Waals surface area contributed by atoms with Crippen molar-refractivity contribution >= 4 is 63.8 Å². The zero-order valence-corrected chi connectivity index (χ0v) is 12.8. The SMILES string of the molecule is CC(C)(C)C1=NNCN1C(Cl)(Cl)C(Cl)(Cl)Cl. The van der Waals surface area contributed by atoms with Crippen LogP contribution in [0.3, 0.4) is 0 Å². The average molecular weight is 327 g/mol. The molecule has 1 N–H and O–H groups in total. The Bertz CT molecular complexity index is 302. The molecule has 94 valence electrons. The van der Waals surface area contributed by atoms with Crippen LogP contribution in [-0.2, 0) is 0 Å². The van der Waals surface area contributed by atoms with Gasteiger partial charge in [-0.05, 0) is 0 Å². The van der Waals surface area contributed by atoms with Gasteiger partial charge in [0, 0.05) is 5.41 Å². The Hall–Kier alpha value is 0.720. The van der Waals surface area contributed by atoms with Crippen molar-refractivity contribution in [3.63, 3.8) is 0 Å². The Morgan fingerprint density at radius 1 is 1.12 bits per heavy atom. The van der Waals surface area contributed by atoms with Gasteiger partial charge in [0.1, 0.15) is 12.5 Å². The number of alkyl halides is 5. The molecule has 1 rings (SSSR count). The highest BCUT2D eigenvalue weighted by molar-refractivity contribution is 6.75. The van der Waals surface area contributed by atoms with Gasteiger partial charge in [0.15, 0.2) is 0 Å². The Labute approximate surface area is 120 Å². The highest BCUT2D eigenvalue weighted by Crippen LogP contribution is 2.49. The summed E-state index contributed by atoms with van der Waals surface area (Å²) in [5, 5.41) is 4.12. The van der Waals surface area contributed by atoms with Crippen LogP contribution in [-0.4, -0.2) is 25.7 Å². The summed E-state index contributed by atoms with van der Waals surface area (Å²) in [7, 11) is 0. The van der Waals surface area contributed by atoms with Gasteiger partial charge in [0.25, 0.3) is 0 Å². The molecule has 3 nitrogen and oxygen atoms in total. The first-order valence-corrected chi connectivity index (χ1v) is 6.40. The van der Waals surface area contributed by atoms with Crippen molar-refractivity contribution < 1.29 is 0 Å². The minimum Gasteiger partial charge on any atom is -0.304 e. The number of nitrogens with one attached hydrogen (secondary N) is 1. The van der Waals surface area contributed by atoms with Crippen molar-refractivity contribution in [2.75, 3.05) is 6.67 Å². The first kappa shape index (κ1) is 14.8. The van der Waals surface area contributed by atoms with E-state index in [-0.39, 0.29) is 5.41 Å². The van der Waals surface area contributed by atoms with Crippen molar-refractivity contribution in [2.24, 2.45) is 10.5 Å². The minimum atomic E-state index is -1.84. The van der Waals surface area contributed by atoms with Crippen LogP contribution in [0, 0.1) is 5.41 Å². The normalized spacial score (nSPS) is 18.5. The minimum absolute atomic E-state index is 0.256. The maximum Gasteiger partial charge on any atom is 0.241 e. The molecule has 0 aromatic heterocycles. The lowest BCUT2D eigenvalue weighted by Crippen LogP contribution is -2.54. The largest absolute Gasteiger partial charge is 0.304 e. The van der Waals surface area contributed by atoms with E-state index in [1.165, 1.54) is 4.90 Å². The monoisotopic (exact) mass is 325 g/mol.